The Bertz CT molecular complexity index is 490. The summed E-state index contributed by atoms with van der Waals surface area (Å²) in [5.74, 6) is 0.0281. The van der Waals surface area contributed by atoms with Gasteiger partial charge < -0.3 is 15.5 Å². The lowest BCUT2D eigenvalue weighted by molar-refractivity contribution is -0.119. The molecular formula is C14H21N3O2S. The zero-order valence-electron chi connectivity index (χ0n) is 12.1. The number of hydrogen-bond acceptors (Lipinski definition) is 4. The largest absolute Gasteiger partial charge is 0.351 e. The fraction of sp³-hybridized carbons (Fsp3) is 0.571. The molecule has 2 heterocycles. The molecule has 0 spiro atoms. The Morgan fingerprint density at radius 2 is 2.00 bits per heavy atom. The molecule has 0 radical (unpaired) electrons. The number of hydrogen-bond donors (Lipinski definition) is 2. The van der Waals surface area contributed by atoms with Crippen LogP contribution in [0.4, 0.5) is 0 Å². The Morgan fingerprint density at radius 3 is 2.60 bits per heavy atom. The molecule has 1 fully saturated rings. The fourth-order valence-electron chi connectivity index (χ4n) is 2.45. The third-order valence-electron chi connectivity index (χ3n) is 3.23. The normalized spacial score (nSPS) is 22.6. The quantitative estimate of drug-likeness (QED) is 0.881. The van der Waals surface area contributed by atoms with E-state index in [1.807, 2.05) is 17.0 Å². The Hall–Kier alpha value is -1.40. The van der Waals surface area contributed by atoms with Crippen LogP contribution >= 0.6 is 11.3 Å². The van der Waals surface area contributed by atoms with Crippen molar-refractivity contribution < 1.29 is 9.59 Å². The Labute approximate surface area is 123 Å². The van der Waals surface area contributed by atoms with Crippen LogP contribution in [0.3, 0.4) is 0 Å². The number of nitrogens with zero attached hydrogens (tertiary/aromatic N) is 1. The zero-order valence-corrected chi connectivity index (χ0v) is 12.9. The first kappa shape index (κ1) is 15.0. The van der Waals surface area contributed by atoms with Gasteiger partial charge in [-0.3, -0.25) is 9.59 Å². The van der Waals surface area contributed by atoms with E-state index in [-0.39, 0.29) is 11.8 Å². The van der Waals surface area contributed by atoms with Gasteiger partial charge >= 0.3 is 0 Å². The van der Waals surface area contributed by atoms with E-state index < -0.39 is 0 Å². The van der Waals surface area contributed by atoms with Crippen LogP contribution in [0.1, 0.15) is 35.3 Å². The number of rotatable bonds is 3. The van der Waals surface area contributed by atoms with Crippen molar-refractivity contribution in [1.82, 2.24) is 15.5 Å². The van der Waals surface area contributed by atoms with Gasteiger partial charge in [-0.25, -0.2) is 0 Å². The summed E-state index contributed by atoms with van der Waals surface area (Å²) in [6.45, 7) is 7.63. The number of nitrogens with one attached hydrogen (secondary N) is 2. The van der Waals surface area contributed by atoms with Crippen LogP contribution in [0.25, 0.3) is 0 Å². The highest BCUT2D eigenvalue weighted by molar-refractivity contribution is 7.14. The van der Waals surface area contributed by atoms with Crippen LogP contribution in [0.2, 0.25) is 0 Å². The van der Waals surface area contributed by atoms with E-state index in [1.165, 1.54) is 18.3 Å². The summed E-state index contributed by atoms with van der Waals surface area (Å²) in [5, 5.41) is 6.16. The Balaban J connectivity index is 2.00. The molecule has 2 atom stereocenters. The van der Waals surface area contributed by atoms with Gasteiger partial charge in [0.15, 0.2) is 0 Å². The zero-order chi connectivity index (χ0) is 14.7. The highest BCUT2D eigenvalue weighted by Gasteiger charge is 2.26. The van der Waals surface area contributed by atoms with E-state index >= 15 is 0 Å². The highest BCUT2D eigenvalue weighted by Crippen LogP contribution is 2.19. The summed E-state index contributed by atoms with van der Waals surface area (Å²) >= 11 is 1.45. The van der Waals surface area contributed by atoms with Gasteiger partial charge in [-0.05, 0) is 26.0 Å². The van der Waals surface area contributed by atoms with Crippen LogP contribution in [0.15, 0.2) is 12.1 Å². The second-order valence-electron chi connectivity index (χ2n) is 5.35. The minimum absolute atomic E-state index is 0.0592. The molecule has 1 aromatic heterocycles. The lowest BCUT2D eigenvalue weighted by atomic mass is 10.1. The molecule has 0 aliphatic carbocycles. The molecule has 1 aliphatic heterocycles. The Morgan fingerprint density at radius 1 is 1.35 bits per heavy atom. The first-order chi connectivity index (χ1) is 9.45. The summed E-state index contributed by atoms with van der Waals surface area (Å²) in [6.07, 6.45) is 0. The molecule has 6 heteroatoms. The molecule has 0 aromatic carbocycles. The van der Waals surface area contributed by atoms with Crippen molar-refractivity contribution >= 4 is 23.2 Å². The molecule has 2 N–H and O–H groups in total. The molecule has 0 unspecified atom stereocenters. The number of piperazine rings is 1. The first-order valence-corrected chi connectivity index (χ1v) is 7.66. The predicted octanol–water partition coefficient (Wildman–Crippen LogP) is 1.21. The van der Waals surface area contributed by atoms with E-state index in [2.05, 4.69) is 24.5 Å². The molecule has 110 valence electrons. The van der Waals surface area contributed by atoms with Crippen molar-refractivity contribution in [2.24, 2.45) is 0 Å². The average molecular weight is 295 g/mol. The molecule has 0 bridgehead atoms. The smallest absolute Gasteiger partial charge is 0.264 e. The number of thiophene rings is 1. The van der Waals surface area contributed by atoms with E-state index in [1.54, 1.807) is 0 Å². The fourth-order valence-corrected chi connectivity index (χ4v) is 3.36. The summed E-state index contributed by atoms with van der Waals surface area (Å²) in [5.41, 5.74) is 0. The molecule has 2 rings (SSSR count). The summed E-state index contributed by atoms with van der Waals surface area (Å²) in [4.78, 5) is 27.0. The first-order valence-electron chi connectivity index (χ1n) is 6.84. The van der Waals surface area contributed by atoms with Crippen LogP contribution in [0.5, 0.6) is 0 Å². The molecule has 20 heavy (non-hydrogen) atoms. The molecule has 5 nitrogen and oxygen atoms in total. The van der Waals surface area contributed by atoms with E-state index in [0.717, 1.165) is 22.8 Å². The van der Waals surface area contributed by atoms with Crippen molar-refractivity contribution in [1.29, 1.82) is 0 Å². The van der Waals surface area contributed by atoms with E-state index in [0.29, 0.717) is 18.6 Å². The molecule has 1 saturated heterocycles. The van der Waals surface area contributed by atoms with Gasteiger partial charge in [-0.1, -0.05) is 0 Å². The average Bonchev–Trinajstić information content (AvgIpc) is 2.83. The lowest BCUT2D eigenvalue weighted by Gasteiger charge is -2.35. The molecular weight excluding hydrogens is 274 g/mol. The maximum atomic E-state index is 12.5. The van der Waals surface area contributed by atoms with Crippen molar-refractivity contribution in [3.05, 3.63) is 21.9 Å². The molecule has 1 aromatic rings. The third kappa shape index (κ3) is 3.80. The topological polar surface area (TPSA) is 61.4 Å². The maximum Gasteiger partial charge on any atom is 0.264 e. The molecule has 1 aliphatic rings. The van der Waals surface area contributed by atoms with Crippen LogP contribution < -0.4 is 10.6 Å². The molecule has 2 amide bonds. The Kier molecular flexibility index (Phi) is 4.77. The number of carbonyl (C=O) groups excluding carboxylic acids is 2. The SMILES string of the molecule is CC(=O)NCc1ccc(C(=O)N2C[C@@H](C)N[C@@H](C)C2)s1. The van der Waals surface area contributed by atoms with Gasteiger partial charge in [0, 0.05) is 37.0 Å². The molecule has 0 saturated carbocycles. The number of carbonyl (C=O) groups is 2. The van der Waals surface area contributed by atoms with Crippen molar-refractivity contribution in [3.8, 4) is 0 Å². The summed E-state index contributed by atoms with van der Waals surface area (Å²) < 4.78 is 0. The third-order valence-corrected chi connectivity index (χ3v) is 4.30. The summed E-state index contributed by atoms with van der Waals surface area (Å²) in [6, 6.07) is 4.40. The highest BCUT2D eigenvalue weighted by atomic mass is 32.1. The minimum Gasteiger partial charge on any atom is -0.351 e. The van der Waals surface area contributed by atoms with Gasteiger partial charge in [0.2, 0.25) is 5.91 Å². The van der Waals surface area contributed by atoms with Gasteiger partial charge in [0.05, 0.1) is 11.4 Å². The number of amides is 2. The second-order valence-corrected chi connectivity index (χ2v) is 6.52. The monoisotopic (exact) mass is 295 g/mol. The standard InChI is InChI=1S/C14H21N3O2S/c1-9-7-17(8-10(2)16-9)14(19)13-5-4-12(20-13)6-15-11(3)18/h4-5,9-10,16H,6-8H2,1-3H3,(H,15,18)/t9-,10+. The summed E-state index contributed by atoms with van der Waals surface area (Å²) in [7, 11) is 0. The van der Waals surface area contributed by atoms with Crippen molar-refractivity contribution in [2.75, 3.05) is 13.1 Å². The van der Waals surface area contributed by atoms with Gasteiger partial charge in [0.1, 0.15) is 0 Å². The predicted molar refractivity (Wildman–Crippen MR) is 79.8 cm³/mol. The van der Waals surface area contributed by atoms with E-state index in [9.17, 15) is 9.59 Å². The maximum absolute atomic E-state index is 12.5. The van der Waals surface area contributed by atoms with Crippen LogP contribution in [-0.2, 0) is 11.3 Å². The van der Waals surface area contributed by atoms with Crippen LogP contribution in [-0.4, -0.2) is 41.9 Å². The van der Waals surface area contributed by atoms with Crippen molar-refractivity contribution in [3.63, 3.8) is 0 Å². The minimum atomic E-state index is -0.0592. The second kappa shape index (κ2) is 6.37. The van der Waals surface area contributed by atoms with Crippen molar-refractivity contribution in [2.45, 2.75) is 39.4 Å². The van der Waals surface area contributed by atoms with Gasteiger partial charge in [-0.2, -0.15) is 0 Å². The van der Waals surface area contributed by atoms with Gasteiger partial charge in [0.25, 0.3) is 5.91 Å². The van der Waals surface area contributed by atoms with E-state index in [4.69, 9.17) is 0 Å². The lowest BCUT2D eigenvalue weighted by Crippen LogP contribution is -2.55. The van der Waals surface area contributed by atoms with Crippen LogP contribution in [0, 0.1) is 0 Å². The van der Waals surface area contributed by atoms with Gasteiger partial charge in [-0.15, -0.1) is 11.3 Å².